The van der Waals surface area contributed by atoms with Crippen LogP contribution in [-0.4, -0.2) is 20.9 Å². The van der Waals surface area contributed by atoms with Crippen molar-refractivity contribution < 1.29 is 18.4 Å². The number of hydrogen-bond acceptors (Lipinski definition) is 4. The molecule has 4 nitrogen and oxygen atoms in total. The number of rotatable bonds is 6. The number of carbonyl (C=O) groups is 1. The summed E-state index contributed by atoms with van der Waals surface area (Å²) in [7, 11) is -1.83. The SMILES string of the molecule is C=C(O[Si](C)(C)C)/C(=C/c1ccco1)C(=O)OCC. The maximum absolute atomic E-state index is 11.9. The smallest absolute Gasteiger partial charge is 0.341 e. The van der Waals surface area contributed by atoms with Crippen LogP contribution in [0.25, 0.3) is 6.08 Å². The van der Waals surface area contributed by atoms with Gasteiger partial charge in [-0.25, -0.2) is 4.79 Å². The summed E-state index contributed by atoms with van der Waals surface area (Å²) in [6.45, 7) is 11.9. The monoisotopic (exact) mass is 280 g/mol. The Morgan fingerprint density at radius 1 is 1.47 bits per heavy atom. The molecule has 1 rings (SSSR count). The summed E-state index contributed by atoms with van der Waals surface area (Å²) in [5.74, 6) is 0.430. The van der Waals surface area contributed by atoms with Crippen LogP contribution in [0.15, 0.2) is 40.7 Å². The molecule has 0 amide bonds. The average Bonchev–Trinajstić information content (AvgIpc) is 2.76. The van der Waals surface area contributed by atoms with Crippen molar-refractivity contribution in [2.75, 3.05) is 6.61 Å². The van der Waals surface area contributed by atoms with Crippen LogP contribution in [0.3, 0.4) is 0 Å². The van der Waals surface area contributed by atoms with E-state index < -0.39 is 14.3 Å². The minimum absolute atomic E-state index is 0.291. The third-order valence-corrected chi connectivity index (χ3v) is 2.91. The van der Waals surface area contributed by atoms with Gasteiger partial charge in [0.25, 0.3) is 0 Å². The van der Waals surface area contributed by atoms with Gasteiger partial charge in [-0.05, 0) is 44.8 Å². The third-order valence-electron chi connectivity index (χ3n) is 2.05. The predicted molar refractivity (Wildman–Crippen MR) is 76.9 cm³/mol. The first kappa shape index (κ1) is 15.3. The fourth-order valence-corrected chi connectivity index (χ4v) is 2.25. The Balaban J connectivity index is 2.99. The van der Waals surface area contributed by atoms with Gasteiger partial charge in [0.15, 0.2) is 0 Å². The first-order chi connectivity index (χ1) is 8.83. The average molecular weight is 280 g/mol. The molecule has 1 aromatic rings. The second-order valence-corrected chi connectivity index (χ2v) is 9.36. The lowest BCUT2D eigenvalue weighted by Crippen LogP contribution is -2.26. The molecule has 0 aromatic carbocycles. The number of furan rings is 1. The molecule has 19 heavy (non-hydrogen) atoms. The van der Waals surface area contributed by atoms with Crippen LogP contribution >= 0.6 is 0 Å². The number of ether oxygens (including phenoxy) is 1. The van der Waals surface area contributed by atoms with Crippen LogP contribution in [0.4, 0.5) is 0 Å². The zero-order valence-electron chi connectivity index (χ0n) is 11.9. The van der Waals surface area contributed by atoms with E-state index in [4.69, 9.17) is 13.6 Å². The van der Waals surface area contributed by atoms with E-state index in [1.54, 1.807) is 25.1 Å². The van der Waals surface area contributed by atoms with E-state index in [-0.39, 0.29) is 0 Å². The maximum atomic E-state index is 11.9. The standard InChI is InChI=1S/C14H20O4Si/c1-6-16-14(15)13(10-12-8-7-9-17-12)11(2)18-19(3,4)5/h7-10H,2,6H2,1,3-5H3/b13-10-. The molecule has 0 N–H and O–H groups in total. The van der Waals surface area contributed by atoms with Crippen molar-refractivity contribution in [3.8, 4) is 0 Å². The van der Waals surface area contributed by atoms with E-state index in [0.717, 1.165) is 0 Å². The van der Waals surface area contributed by atoms with Crippen molar-refractivity contribution in [3.63, 3.8) is 0 Å². The molecule has 0 radical (unpaired) electrons. The lowest BCUT2D eigenvalue weighted by atomic mass is 10.2. The molecule has 0 fully saturated rings. The fourth-order valence-electron chi connectivity index (χ4n) is 1.40. The second kappa shape index (κ2) is 6.42. The molecule has 0 aliphatic rings. The van der Waals surface area contributed by atoms with E-state index in [9.17, 15) is 4.79 Å². The fraction of sp³-hybridized carbons (Fsp3) is 0.357. The molecule has 0 unspecified atom stereocenters. The molecule has 0 saturated carbocycles. The van der Waals surface area contributed by atoms with Crippen LogP contribution in [0.2, 0.25) is 19.6 Å². The number of carbonyl (C=O) groups excluding carboxylic acids is 1. The summed E-state index contributed by atoms with van der Waals surface area (Å²) >= 11 is 0. The van der Waals surface area contributed by atoms with E-state index in [1.807, 2.05) is 19.6 Å². The van der Waals surface area contributed by atoms with Crippen molar-refractivity contribution in [1.29, 1.82) is 0 Å². The largest absolute Gasteiger partial charge is 0.544 e. The van der Waals surface area contributed by atoms with Crippen LogP contribution in [0.5, 0.6) is 0 Å². The molecule has 0 saturated heterocycles. The Hall–Kier alpha value is -1.75. The summed E-state index contributed by atoms with van der Waals surface area (Å²) in [5.41, 5.74) is 0.291. The lowest BCUT2D eigenvalue weighted by Gasteiger charge is -2.21. The van der Waals surface area contributed by atoms with Crippen LogP contribution in [0, 0.1) is 0 Å². The summed E-state index contributed by atoms with van der Waals surface area (Å²) in [4.78, 5) is 11.9. The Labute approximate surface area is 114 Å². The van der Waals surface area contributed by atoms with Crippen molar-refractivity contribution in [3.05, 3.63) is 42.1 Å². The zero-order valence-corrected chi connectivity index (χ0v) is 12.9. The minimum Gasteiger partial charge on any atom is -0.544 e. The minimum atomic E-state index is -1.83. The molecule has 0 aliphatic heterocycles. The van der Waals surface area contributed by atoms with Crippen LogP contribution in [-0.2, 0) is 14.0 Å². The van der Waals surface area contributed by atoms with Crippen LogP contribution < -0.4 is 0 Å². The van der Waals surface area contributed by atoms with Gasteiger partial charge in [0.2, 0.25) is 8.32 Å². The van der Waals surface area contributed by atoms with E-state index in [1.165, 1.54) is 6.26 Å². The van der Waals surface area contributed by atoms with Gasteiger partial charge in [0, 0.05) is 0 Å². The van der Waals surface area contributed by atoms with Gasteiger partial charge < -0.3 is 13.6 Å². The molecule has 0 atom stereocenters. The zero-order chi connectivity index (χ0) is 14.5. The molecule has 104 valence electrons. The Morgan fingerprint density at radius 3 is 2.63 bits per heavy atom. The van der Waals surface area contributed by atoms with Crippen LogP contribution in [0.1, 0.15) is 12.7 Å². The van der Waals surface area contributed by atoms with Crippen molar-refractivity contribution in [1.82, 2.24) is 0 Å². The van der Waals surface area contributed by atoms with Gasteiger partial charge in [-0.1, -0.05) is 6.58 Å². The lowest BCUT2D eigenvalue weighted by molar-refractivity contribution is -0.138. The van der Waals surface area contributed by atoms with E-state index in [0.29, 0.717) is 23.7 Å². The molecule has 0 spiro atoms. The highest BCUT2D eigenvalue weighted by Crippen LogP contribution is 2.20. The maximum Gasteiger partial charge on any atom is 0.341 e. The van der Waals surface area contributed by atoms with Crippen molar-refractivity contribution in [2.24, 2.45) is 0 Å². The summed E-state index contributed by atoms with van der Waals surface area (Å²) < 4.78 is 16.0. The molecular weight excluding hydrogens is 260 g/mol. The van der Waals surface area contributed by atoms with Gasteiger partial charge in [0.1, 0.15) is 17.1 Å². The Kier molecular flexibility index (Phi) is 5.17. The molecule has 1 aromatic heterocycles. The highest BCUT2D eigenvalue weighted by atomic mass is 28.4. The summed E-state index contributed by atoms with van der Waals surface area (Å²) in [6.07, 6.45) is 3.12. The second-order valence-electron chi connectivity index (χ2n) is 4.93. The van der Waals surface area contributed by atoms with E-state index in [2.05, 4.69) is 6.58 Å². The molecule has 1 heterocycles. The van der Waals surface area contributed by atoms with E-state index >= 15 is 0 Å². The molecular formula is C14H20O4Si. The molecule has 0 aliphatic carbocycles. The number of esters is 1. The summed E-state index contributed by atoms with van der Waals surface area (Å²) in [5, 5.41) is 0. The van der Waals surface area contributed by atoms with Crippen molar-refractivity contribution in [2.45, 2.75) is 26.6 Å². The first-order valence-corrected chi connectivity index (χ1v) is 9.55. The van der Waals surface area contributed by atoms with Gasteiger partial charge in [-0.3, -0.25) is 0 Å². The highest BCUT2D eigenvalue weighted by Gasteiger charge is 2.23. The Morgan fingerprint density at radius 2 is 2.16 bits per heavy atom. The van der Waals surface area contributed by atoms with Crippen molar-refractivity contribution >= 4 is 20.4 Å². The molecule has 5 heteroatoms. The Bertz CT molecular complexity index is 466. The highest BCUT2D eigenvalue weighted by molar-refractivity contribution is 6.70. The van der Waals surface area contributed by atoms with Gasteiger partial charge in [0.05, 0.1) is 12.9 Å². The first-order valence-electron chi connectivity index (χ1n) is 6.14. The predicted octanol–water partition coefficient (Wildman–Crippen LogP) is 3.59. The van der Waals surface area contributed by atoms with Gasteiger partial charge >= 0.3 is 5.97 Å². The normalized spacial score (nSPS) is 12.1. The van der Waals surface area contributed by atoms with Gasteiger partial charge in [-0.2, -0.15) is 0 Å². The topological polar surface area (TPSA) is 48.7 Å². The third kappa shape index (κ3) is 5.17. The number of hydrogen-bond donors (Lipinski definition) is 0. The van der Waals surface area contributed by atoms with Gasteiger partial charge in [-0.15, -0.1) is 0 Å². The molecule has 0 bridgehead atoms. The quantitative estimate of drug-likeness (QED) is 0.263. The summed E-state index contributed by atoms with van der Waals surface area (Å²) in [6, 6.07) is 3.50.